The van der Waals surface area contributed by atoms with Gasteiger partial charge in [0, 0.05) is 24.8 Å². The van der Waals surface area contributed by atoms with Crippen molar-refractivity contribution in [2.24, 2.45) is 0 Å². The predicted molar refractivity (Wildman–Crippen MR) is 81.0 cm³/mol. The number of nitrogens with one attached hydrogen (secondary N) is 1. The van der Waals surface area contributed by atoms with Crippen LogP contribution in [0.5, 0.6) is 17.2 Å². The maximum absolute atomic E-state index is 8.77. The van der Waals surface area contributed by atoms with Crippen molar-refractivity contribution in [3.63, 3.8) is 0 Å². The molecule has 0 unspecified atom stereocenters. The van der Waals surface area contributed by atoms with Gasteiger partial charge in [-0.25, -0.2) is 0 Å². The van der Waals surface area contributed by atoms with Gasteiger partial charge in [-0.1, -0.05) is 6.92 Å². The van der Waals surface area contributed by atoms with Crippen LogP contribution in [0.15, 0.2) is 12.1 Å². The molecule has 0 aromatic heterocycles. The van der Waals surface area contributed by atoms with Crippen LogP contribution >= 0.6 is 0 Å². The third-order valence-corrected chi connectivity index (χ3v) is 3.36. The second-order valence-electron chi connectivity index (χ2n) is 5.12. The lowest BCUT2D eigenvalue weighted by atomic mass is 10.1. The summed E-state index contributed by atoms with van der Waals surface area (Å²) in [6.07, 6.45) is 3.85. The summed E-state index contributed by atoms with van der Waals surface area (Å²) < 4.78 is 16.7. The van der Waals surface area contributed by atoms with Crippen molar-refractivity contribution in [1.29, 1.82) is 0 Å². The summed E-state index contributed by atoms with van der Waals surface area (Å²) in [6, 6.07) is 3.91. The van der Waals surface area contributed by atoms with Crippen molar-refractivity contribution in [2.45, 2.75) is 39.2 Å². The number of unbranched alkanes of at least 4 members (excludes halogenated alkanes) is 2. The van der Waals surface area contributed by atoms with Crippen LogP contribution in [-0.2, 0) is 6.54 Å². The molecule has 0 spiro atoms. The largest absolute Gasteiger partial charge is 0.493 e. The van der Waals surface area contributed by atoms with Crippen LogP contribution in [0.1, 0.15) is 38.2 Å². The molecule has 5 nitrogen and oxygen atoms in total. The van der Waals surface area contributed by atoms with Gasteiger partial charge >= 0.3 is 0 Å². The molecule has 2 N–H and O–H groups in total. The van der Waals surface area contributed by atoms with E-state index in [1.54, 1.807) is 0 Å². The molecule has 118 valence electrons. The lowest BCUT2D eigenvalue weighted by Crippen LogP contribution is -2.15. The number of hydrogen-bond donors (Lipinski definition) is 2. The fourth-order valence-corrected chi connectivity index (χ4v) is 2.21. The summed E-state index contributed by atoms with van der Waals surface area (Å²) in [7, 11) is 0. The lowest BCUT2D eigenvalue weighted by Gasteiger charge is -2.13. The van der Waals surface area contributed by atoms with Gasteiger partial charge in [-0.15, -0.1) is 0 Å². The Kier molecular flexibility index (Phi) is 6.63. The molecule has 0 bridgehead atoms. The van der Waals surface area contributed by atoms with Crippen molar-refractivity contribution < 1.29 is 19.3 Å². The Bertz CT molecular complexity index is 437. The van der Waals surface area contributed by atoms with Crippen LogP contribution in [0.3, 0.4) is 0 Å². The Hall–Kier alpha value is -1.46. The zero-order chi connectivity index (χ0) is 14.9. The van der Waals surface area contributed by atoms with Crippen molar-refractivity contribution in [3.8, 4) is 17.2 Å². The van der Waals surface area contributed by atoms with Gasteiger partial charge in [-0.3, -0.25) is 0 Å². The molecule has 0 radical (unpaired) electrons. The molecule has 1 heterocycles. The van der Waals surface area contributed by atoms with E-state index in [4.69, 9.17) is 19.3 Å². The van der Waals surface area contributed by atoms with Crippen molar-refractivity contribution >= 4 is 0 Å². The molecule has 1 aromatic rings. The second-order valence-corrected chi connectivity index (χ2v) is 5.12. The van der Waals surface area contributed by atoms with E-state index in [0.717, 1.165) is 61.6 Å². The molecule has 21 heavy (non-hydrogen) atoms. The highest BCUT2D eigenvalue weighted by Crippen LogP contribution is 2.38. The molecule has 0 atom stereocenters. The number of aliphatic hydroxyl groups excluding tert-OH is 1. The highest BCUT2D eigenvalue weighted by molar-refractivity contribution is 5.51. The summed E-state index contributed by atoms with van der Waals surface area (Å²) in [5.41, 5.74) is 1.09. The minimum absolute atomic E-state index is 0.246. The van der Waals surface area contributed by atoms with Crippen LogP contribution in [-0.4, -0.2) is 31.7 Å². The third kappa shape index (κ3) is 4.79. The second kappa shape index (κ2) is 8.74. The van der Waals surface area contributed by atoms with Gasteiger partial charge in [0.2, 0.25) is 6.79 Å². The summed E-state index contributed by atoms with van der Waals surface area (Å²) in [4.78, 5) is 0. The van der Waals surface area contributed by atoms with Gasteiger partial charge in [-0.2, -0.15) is 0 Å². The standard InChI is InChI=1S/C16H25NO4/c1-2-6-17-11-13-9-15-16(21-12-20-15)10-14(13)19-8-5-3-4-7-18/h9-10,17-18H,2-8,11-12H2,1H3. The number of ether oxygens (including phenoxy) is 3. The molecule has 1 aliphatic rings. The van der Waals surface area contributed by atoms with Crippen LogP contribution in [0.25, 0.3) is 0 Å². The number of rotatable bonds is 10. The summed E-state index contributed by atoms with van der Waals surface area (Å²) in [5, 5.41) is 12.2. The third-order valence-electron chi connectivity index (χ3n) is 3.36. The number of fused-ring (bicyclic) bond motifs is 1. The quantitative estimate of drug-likeness (QED) is 0.649. The molecule has 5 heteroatoms. The molecule has 1 aliphatic heterocycles. The molecule has 0 saturated heterocycles. The van der Waals surface area contributed by atoms with Crippen LogP contribution in [0, 0.1) is 0 Å². The average molecular weight is 295 g/mol. The maximum Gasteiger partial charge on any atom is 0.231 e. The highest BCUT2D eigenvalue weighted by Gasteiger charge is 2.17. The average Bonchev–Trinajstić information content (AvgIpc) is 2.94. The first-order chi connectivity index (χ1) is 10.3. The van der Waals surface area contributed by atoms with E-state index < -0.39 is 0 Å². The van der Waals surface area contributed by atoms with Gasteiger partial charge in [0.15, 0.2) is 11.5 Å². The van der Waals surface area contributed by atoms with Crippen molar-refractivity contribution in [1.82, 2.24) is 5.32 Å². The Balaban J connectivity index is 1.95. The van der Waals surface area contributed by atoms with Gasteiger partial charge in [-0.05, 0) is 38.3 Å². The monoisotopic (exact) mass is 295 g/mol. The van der Waals surface area contributed by atoms with Crippen molar-refractivity contribution in [2.75, 3.05) is 26.6 Å². The number of aliphatic hydroxyl groups is 1. The van der Waals surface area contributed by atoms with Crippen LogP contribution < -0.4 is 19.5 Å². The van der Waals surface area contributed by atoms with E-state index in [-0.39, 0.29) is 13.4 Å². The van der Waals surface area contributed by atoms with Crippen molar-refractivity contribution in [3.05, 3.63) is 17.7 Å². The molecule has 2 rings (SSSR count). The zero-order valence-corrected chi connectivity index (χ0v) is 12.7. The molecule has 0 saturated carbocycles. The highest BCUT2D eigenvalue weighted by atomic mass is 16.7. The number of benzene rings is 1. The van der Waals surface area contributed by atoms with Gasteiger partial charge < -0.3 is 24.6 Å². The first-order valence-electron chi connectivity index (χ1n) is 7.72. The minimum Gasteiger partial charge on any atom is -0.493 e. The van der Waals surface area contributed by atoms with E-state index in [0.29, 0.717) is 6.61 Å². The molecule has 0 aliphatic carbocycles. The molecule has 0 fully saturated rings. The molecular weight excluding hydrogens is 270 g/mol. The van der Waals surface area contributed by atoms with E-state index in [9.17, 15) is 0 Å². The SMILES string of the molecule is CCCNCc1cc2c(cc1OCCCCCO)OCO2. The molecule has 0 amide bonds. The summed E-state index contributed by atoms with van der Waals surface area (Å²) in [6.45, 7) is 5.06. The molecule has 1 aromatic carbocycles. The van der Waals surface area contributed by atoms with E-state index in [1.807, 2.05) is 12.1 Å². The Morgan fingerprint density at radius 2 is 2.00 bits per heavy atom. The Morgan fingerprint density at radius 1 is 1.19 bits per heavy atom. The lowest BCUT2D eigenvalue weighted by molar-refractivity contribution is 0.173. The Labute approximate surface area is 126 Å². The van der Waals surface area contributed by atoms with Gasteiger partial charge in [0.05, 0.1) is 6.61 Å². The fourth-order valence-electron chi connectivity index (χ4n) is 2.21. The van der Waals surface area contributed by atoms with Gasteiger partial charge in [0.1, 0.15) is 5.75 Å². The summed E-state index contributed by atoms with van der Waals surface area (Å²) >= 11 is 0. The van der Waals surface area contributed by atoms with Crippen LogP contribution in [0.4, 0.5) is 0 Å². The van der Waals surface area contributed by atoms with E-state index >= 15 is 0 Å². The zero-order valence-electron chi connectivity index (χ0n) is 12.7. The topological polar surface area (TPSA) is 60.0 Å². The van der Waals surface area contributed by atoms with E-state index in [2.05, 4.69) is 12.2 Å². The molecular formula is C16H25NO4. The smallest absolute Gasteiger partial charge is 0.231 e. The first kappa shape index (κ1) is 15.9. The fraction of sp³-hybridized carbons (Fsp3) is 0.625. The minimum atomic E-state index is 0.246. The summed E-state index contributed by atoms with van der Waals surface area (Å²) in [5.74, 6) is 2.39. The van der Waals surface area contributed by atoms with Gasteiger partial charge in [0.25, 0.3) is 0 Å². The van der Waals surface area contributed by atoms with Crippen LogP contribution in [0.2, 0.25) is 0 Å². The number of hydrogen-bond acceptors (Lipinski definition) is 5. The Morgan fingerprint density at radius 3 is 2.76 bits per heavy atom. The predicted octanol–water partition coefficient (Wildman–Crippen LogP) is 2.46. The first-order valence-corrected chi connectivity index (χ1v) is 7.72. The maximum atomic E-state index is 8.77. The van der Waals surface area contributed by atoms with E-state index in [1.165, 1.54) is 0 Å². The normalized spacial score (nSPS) is 12.7.